The van der Waals surface area contributed by atoms with Crippen LogP contribution >= 0.6 is 11.3 Å². The summed E-state index contributed by atoms with van der Waals surface area (Å²) in [6.45, 7) is 5.02. The van der Waals surface area contributed by atoms with E-state index in [2.05, 4.69) is 11.4 Å². The van der Waals surface area contributed by atoms with Gasteiger partial charge in [-0.1, -0.05) is 24.3 Å². The van der Waals surface area contributed by atoms with E-state index in [1.165, 1.54) is 18.3 Å². The van der Waals surface area contributed by atoms with Gasteiger partial charge in [-0.15, -0.1) is 11.3 Å². The van der Waals surface area contributed by atoms with Crippen LogP contribution in [0.25, 0.3) is 10.4 Å². The van der Waals surface area contributed by atoms with Crippen LogP contribution in [0.2, 0.25) is 0 Å². The summed E-state index contributed by atoms with van der Waals surface area (Å²) in [6, 6.07) is 15.3. The lowest BCUT2D eigenvalue weighted by molar-refractivity contribution is -0.112. The molecule has 2 rings (SSSR count). The Morgan fingerprint density at radius 3 is 2.32 bits per heavy atom. The largest absolute Gasteiger partial charge is 0.511 e. The molecule has 5 nitrogen and oxygen atoms in total. The molecule has 0 aliphatic rings. The molecule has 2 N–H and O–H groups in total. The molecule has 0 radical (unpaired) electrons. The normalized spacial score (nSPS) is 11.9. The minimum absolute atomic E-state index is 0.307. The van der Waals surface area contributed by atoms with Gasteiger partial charge in [0, 0.05) is 4.88 Å². The minimum Gasteiger partial charge on any atom is -0.511 e. The summed E-state index contributed by atoms with van der Waals surface area (Å²) in [4.78, 5) is 12.9. The number of nitrogens with one attached hydrogen (secondary N) is 1. The number of thiophene rings is 1. The average Bonchev–Trinajstić information content (AvgIpc) is 3.03. The summed E-state index contributed by atoms with van der Waals surface area (Å²) in [5.41, 5.74) is 1.05. The van der Waals surface area contributed by atoms with Crippen molar-refractivity contribution in [1.82, 2.24) is 0 Å². The van der Waals surface area contributed by atoms with Crippen molar-refractivity contribution in [2.75, 3.05) is 5.32 Å². The third-order valence-corrected chi connectivity index (χ3v) is 4.76. The molecule has 126 valence electrons. The van der Waals surface area contributed by atoms with Gasteiger partial charge in [0.25, 0.3) is 5.91 Å². The number of nitriles is 2. The van der Waals surface area contributed by atoms with Crippen LogP contribution in [0.4, 0.5) is 5.00 Å². The summed E-state index contributed by atoms with van der Waals surface area (Å²) < 4.78 is 0. The van der Waals surface area contributed by atoms with Gasteiger partial charge in [-0.25, -0.2) is 0 Å². The number of hydrogen-bond acceptors (Lipinski definition) is 5. The van der Waals surface area contributed by atoms with Crippen LogP contribution in [0.5, 0.6) is 0 Å². The van der Waals surface area contributed by atoms with Crippen LogP contribution in [0.15, 0.2) is 47.7 Å². The van der Waals surface area contributed by atoms with Gasteiger partial charge in [-0.3, -0.25) is 4.79 Å². The van der Waals surface area contributed by atoms with Gasteiger partial charge in [0.05, 0.1) is 16.5 Å². The fraction of sp³-hybridized carbons (Fsp3) is 0.211. The summed E-state index contributed by atoms with van der Waals surface area (Å²) in [6.07, 6.45) is 0. The topological polar surface area (TPSA) is 96.9 Å². The SMILES string of the molecule is CC(O)=C(C#N)C(=O)Nc1ccc(-c2ccc(C(C)(C)C#N)cc2)s1. The Kier molecular flexibility index (Phi) is 5.26. The Balaban J connectivity index is 2.20. The molecule has 0 aliphatic heterocycles. The van der Waals surface area contributed by atoms with Gasteiger partial charge in [-0.05, 0) is 44.0 Å². The Labute approximate surface area is 150 Å². The first-order valence-electron chi connectivity index (χ1n) is 7.52. The van der Waals surface area contributed by atoms with Crippen LogP contribution in [0, 0.1) is 22.7 Å². The van der Waals surface area contributed by atoms with Gasteiger partial charge in [-0.2, -0.15) is 10.5 Å². The van der Waals surface area contributed by atoms with E-state index in [4.69, 9.17) is 5.26 Å². The zero-order valence-corrected chi connectivity index (χ0v) is 14.9. The number of aliphatic hydroxyl groups is 1. The van der Waals surface area contributed by atoms with Crippen molar-refractivity contribution >= 4 is 22.2 Å². The van der Waals surface area contributed by atoms with Crippen molar-refractivity contribution in [2.45, 2.75) is 26.2 Å². The number of aliphatic hydroxyl groups excluding tert-OH is 1. The van der Waals surface area contributed by atoms with E-state index in [0.29, 0.717) is 5.00 Å². The molecule has 2 aromatic rings. The maximum Gasteiger partial charge on any atom is 0.270 e. The first kappa shape index (κ1) is 18.3. The molecule has 1 heterocycles. The lowest BCUT2D eigenvalue weighted by Crippen LogP contribution is -2.13. The quantitative estimate of drug-likeness (QED) is 0.481. The molecule has 0 unspecified atom stereocenters. The number of benzene rings is 1. The smallest absolute Gasteiger partial charge is 0.270 e. The van der Waals surface area contributed by atoms with E-state index in [-0.39, 0.29) is 11.3 Å². The highest BCUT2D eigenvalue weighted by Crippen LogP contribution is 2.33. The van der Waals surface area contributed by atoms with Crippen molar-refractivity contribution in [2.24, 2.45) is 0 Å². The molecule has 0 bridgehead atoms. The molecule has 1 aromatic carbocycles. The van der Waals surface area contributed by atoms with E-state index in [9.17, 15) is 15.2 Å². The summed E-state index contributed by atoms with van der Waals surface area (Å²) >= 11 is 1.36. The first-order chi connectivity index (χ1) is 11.8. The van der Waals surface area contributed by atoms with Gasteiger partial charge in [0.2, 0.25) is 0 Å². The molecule has 0 saturated heterocycles. The van der Waals surface area contributed by atoms with Crippen LogP contribution in [0.1, 0.15) is 26.3 Å². The summed E-state index contributed by atoms with van der Waals surface area (Å²) in [7, 11) is 0. The Hall–Kier alpha value is -3.09. The van der Waals surface area contributed by atoms with Crippen molar-refractivity contribution in [3.8, 4) is 22.6 Å². The number of allylic oxidation sites excluding steroid dienone is 1. The van der Waals surface area contributed by atoms with Crippen LogP contribution in [-0.4, -0.2) is 11.0 Å². The van der Waals surface area contributed by atoms with Gasteiger partial charge in [0.1, 0.15) is 11.8 Å². The van der Waals surface area contributed by atoms with Crippen molar-refractivity contribution in [3.63, 3.8) is 0 Å². The zero-order valence-electron chi connectivity index (χ0n) is 14.1. The number of amides is 1. The van der Waals surface area contributed by atoms with Crippen LogP contribution in [0.3, 0.4) is 0 Å². The highest BCUT2D eigenvalue weighted by Gasteiger charge is 2.19. The van der Waals surface area contributed by atoms with Crippen LogP contribution in [-0.2, 0) is 10.2 Å². The molecule has 0 atom stereocenters. The molecule has 25 heavy (non-hydrogen) atoms. The third-order valence-electron chi connectivity index (χ3n) is 3.71. The van der Waals surface area contributed by atoms with E-state index in [1.54, 1.807) is 12.1 Å². The lowest BCUT2D eigenvalue weighted by Gasteiger charge is -2.15. The van der Waals surface area contributed by atoms with E-state index < -0.39 is 11.3 Å². The third kappa shape index (κ3) is 4.06. The van der Waals surface area contributed by atoms with Crippen LogP contribution < -0.4 is 5.32 Å². The maximum absolute atomic E-state index is 11.9. The average molecular weight is 351 g/mol. The number of hydrogen-bond donors (Lipinski definition) is 2. The second kappa shape index (κ2) is 7.21. The second-order valence-corrected chi connectivity index (χ2v) is 7.09. The fourth-order valence-corrected chi connectivity index (χ4v) is 3.05. The molecule has 0 aliphatic carbocycles. The second-order valence-electron chi connectivity index (χ2n) is 6.00. The van der Waals surface area contributed by atoms with Crippen molar-refractivity contribution in [1.29, 1.82) is 10.5 Å². The monoisotopic (exact) mass is 351 g/mol. The summed E-state index contributed by atoms with van der Waals surface area (Å²) in [5, 5.41) is 30.6. The fourth-order valence-electron chi connectivity index (χ4n) is 2.15. The number of nitrogens with zero attached hydrogens (tertiary/aromatic N) is 2. The Bertz CT molecular complexity index is 905. The highest BCUT2D eigenvalue weighted by atomic mass is 32.1. The van der Waals surface area contributed by atoms with Gasteiger partial charge in [0.15, 0.2) is 5.57 Å². The predicted octanol–water partition coefficient (Wildman–Crippen LogP) is 4.51. The van der Waals surface area contributed by atoms with Crippen molar-refractivity contribution < 1.29 is 9.90 Å². The highest BCUT2D eigenvalue weighted by molar-refractivity contribution is 7.19. The predicted molar refractivity (Wildman–Crippen MR) is 98.0 cm³/mol. The van der Waals surface area contributed by atoms with Crippen molar-refractivity contribution in [3.05, 3.63) is 53.3 Å². The number of rotatable bonds is 4. The summed E-state index contributed by atoms with van der Waals surface area (Å²) in [5.74, 6) is -0.950. The first-order valence-corrected chi connectivity index (χ1v) is 8.33. The number of carbonyl (C=O) groups is 1. The van der Waals surface area contributed by atoms with E-state index in [1.807, 2.05) is 44.2 Å². The number of carbonyl (C=O) groups excluding carboxylic acids is 1. The Morgan fingerprint density at radius 1 is 1.16 bits per heavy atom. The lowest BCUT2D eigenvalue weighted by atomic mass is 9.86. The van der Waals surface area contributed by atoms with E-state index in [0.717, 1.165) is 16.0 Å². The molecule has 6 heteroatoms. The minimum atomic E-state index is -0.637. The number of anilines is 1. The molecule has 0 saturated carbocycles. The Morgan fingerprint density at radius 2 is 1.80 bits per heavy atom. The van der Waals surface area contributed by atoms with Gasteiger partial charge < -0.3 is 10.4 Å². The molecular weight excluding hydrogens is 334 g/mol. The molecular formula is C19H17N3O2S. The van der Waals surface area contributed by atoms with Gasteiger partial charge >= 0.3 is 0 Å². The molecule has 0 spiro atoms. The standard InChI is InChI=1S/C19H17N3O2S/c1-12(23)15(10-20)18(24)22-17-9-8-16(25-17)13-4-6-14(7-5-13)19(2,3)11-21/h4-9,23H,1-3H3,(H,22,24). The molecule has 1 amide bonds. The van der Waals surface area contributed by atoms with E-state index >= 15 is 0 Å². The maximum atomic E-state index is 11.9. The molecule has 0 fully saturated rings. The zero-order chi connectivity index (χ0) is 18.6. The molecule has 1 aromatic heterocycles.